The third kappa shape index (κ3) is 4.39. The van der Waals surface area contributed by atoms with E-state index in [1.807, 2.05) is 19.1 Å². The van der Waals surface area contributed by atoms with Crippen molar-refractivity contribution in [3.05, 3.63) is 69.4 Å². The number of aryl methyl sites for hydroxylation is 1. The van der Waals surface area contributed by atoms with Gasteiger partial charge in [-0.15, -0.1) is 0 Å². The molecule has 1 N–H and O–H groups in total. The van der Waals surface area contributed by atoms with E-state index in [2.05, 4.69) is 46.4 Å². The van der Waals surface area contributed by atoms with Gasteiger partial charge in [-0.2, -0.15) is 0 Å². The molecule has 0 aliphatic heterocycles. The second-order valence-electron chi connectivity index (χ2n) is 5.30. The third-order valence-corrected chi connectivity index (χ3v) is 4.37. The number of rotatable bonds is 6. The highest BCUT2D eigenvalue weighted by Crippen LogP contribution is 2.27. The zero-order valence-electron chi connectivity index (χ0n) is 12.5. The second-order valence-corrected chi connectivity index (χ2v) is 6.16. The average Bonchev–Trinajstić information content (AvgIpc) is 2.46. The Kier molecular flexibility index (Phi) is 5.95. The Morgan fingerprint density at radius 2 is 1.95 bits per heavy atom. The molecule has 0 amide bonds. The molecule has 0 bridgehead atoms. The molecule has 21 heavy (non-hydrogen) atoms. The van der Waals surface area contributed by atoms with Crippen LogP contribution >= 0.6 is 15.9 Å². The van der Waals surface area contributed by atoms with Gasteiger partial charge in [0, 0.05) is 10.5 Å². The molecule has 2 aromatic carbocycles. The van der Waals surface area contributed by atoms with Crippen LogP contribution in [0.4, 0.5) is 4.39 Å². The molecule has 2 rings (SSSR count). The van der Waals surface area contributed by atoms with Crippen LogP contribution in [0.3, 0.4) is 0 Å². The number of benzene rings is 2. The fourth-order valence-electron chi connectivity index (χ4n) is 2.48. The van der Waals surface area contributed by atoms with E-state index in [-0.39, 0.29) is 11.9 Å². The van der Waals surface area contributed by atoms with Gasteiger partial charge in [-0.3, -0.25) is 0 Å². The molecular formula is C18H21BrFN. The van der Waals surface area contributed by atoms with Gasteiger partial charge in [0.15, 0.2) is 0 Å². The van der Waals surface area contributed by atoms with Gasteiger partial charge in [-0.25, -0.2) is 4.39 Å². The standard InChI is InChI=1S/C18H21BrFN/c1-3-10-21-18(16-6-4-5-7-17(16)19)12-14-8-9-15(20)11-13(14)2/h4-9,11,18,21H,3,10,12H2,1-2H3. The molecule has 0 saturated carbocycles. The zero-order valence-corrected chi connectivity index (χ0v) is 14.1. The van der Waals surface area contributed by atoms with E-state index in [1.54, 1.807) is 12.1 Å². The molecule has 0 aliphatic rings. The van der Waals surface area contributed by atoms with Gasteiger partial charge >= 0.3 is 0 Å². The van der Waals surface area contributed by atoms with Crippen LogP contribution < -0.4 is 5.32 Å². The monoisotopic (exact) mass is 349 g/mol. The zero-order chi connectivity index (χ0) is 15.2. The normalized spacial score (nSPS) is 12.4. The summed E-state index contributed by atoms with van der Waals surface area (Å²) in [5.74, 6) is -0.171. The molecule has 2 aromatic rings. The summed E-state index contributed by atoms with van der Waals surface area (Å²) in [6.07, 6.45) is 1.94. The summed E-state index contributed by atoms with van der Waals surface area (Å²) >= 11 is 3.63. The van der Waals surface area contributed by atoms with E-state index in [0.29, 0.717) is 0 Å². The lowest BCUT2D eigenvalue weighted by Gasteiger charge is -2.21. The van der Waals surface area contributed by atoms with Gasteiger partial charge < -0.3 is 5.32 Å². The van der Waals surface area contributed by atoms with E-state index in [1.165, 1.54) is 11.1 Å². The van der Waals surface area contributed by atoms with E-state index < -0.39 is 0 Å². The Morgan fingerprint density at radius 3 is 2.62 bits per heavy atom. The van der Waals surface area contributed by atoms with E-state index >= 15 is 0 Å². The highest BCUT2D eigenvalue weighted by atomic mass is 79.9. The summed E-state index contributed by atoms with van der Waals surface area (Å²) in [6.45, 7) is 5.09. The summed E-state index contributed by atoms with van der Waals surface area (Å²) < 4.78 is 14.4. The minimum absolute atomic E-state index is 0.171. The Balaban J connectivity index is 2.26. The van der Waals surface area contributed by atoms with Crippen LogP contribution in [0.2, 0.25) is 0 Å². The lowest BCUT2D eigenvalue weighted by molar-refractivity contribution is 0.526. The minimum atomic E-state index is -0.171. The SMILES string of the molecule is CCCNC(Cc1ccc(F)cc1C)c1ccccc1Br. The quantitative estimate of drug-likeness (QED) is 0.757. The van der Waals surface area contributed by atoms with Crippen molar-refractivity contribution < 1.29 is 4.39 Å². The maximum Gasteiger partial charge on any atom is 0.123 e. The molecule has 1 nitrogen and oxygen atoms in total. The maximum absolute atomic E-state index is 13.3. The van der Waals surface area contributed by atoms with Crippen molar-refractivity contribution in [2.45, 2.75) is 32.7 Å². The summed E-state index contributed by atoms with van der Waals surface area (Å²) in [5, 5.41) is 3.59. The summed E-state index contributed by atoms with van der Waals surface area (Å²) in [7, 11) is 0. The minimum Gasteiger partial charge on any atom is -0.310 e. The molecule has 0 spiro atoms. The van der Waals surface area contributed by atoms with Gasteiger partial charge in [0.25, 0.3) is 0 Å². The summed E-state index contributed by atoms with van der Waals surface area (Å²) in [5.41, 5.74) is 3.43. The largest absolute Gasteiger partial charge is 0.310 e. The average molecular weight is 350 g/mol. The molecule has 0 heterocycles. The predicted molar refractivity (Wildman–Crippen MR) is 90.0 cm³/mol. The Labute approximate surface area is 134 Å². The number of halogens is 2. The third-order valence-electron chi connectivity index (χ3n) is 3.65. The summed E-state index contributed by atoms with van der Waals surface area (Å²) in [4.78, 5) is 0. The number of nitrogens with one attached hydrogen (secondary N) is 1. The Morgan fingerprint density at radius 1 is 1.19 bits per heavy atom. The van der Waals surface area contributed by atoms with Crippen molar-refractivity contribution in [2.24, 2.45) is 0 Å². The maximum atomic E-state index is 13.3. The molecule has 1 atom stereocenters. The van der Waals surface area contributed by atoms with E-state index in [9.17, 15) is 4.39 Å². The van der Waals surface area contributed by atoms with Gasteiger partial charge in [-0.05, 0) is 61.2 Å². The van der Waals surface area contributed by atoms with Crippen molar-refractivity contribution >= 4 is 15.9 Å². The fraction of sp³-hybridized carbons (Fsp3) is 0.333. The fourth-order valence-corrected chi connectivity index (χ4v) is 3.04. The second kappa shape index (κ2) is 7.71. The van der Waals surface area contributed by atoms with E-state index in [0.717, 1.165) is 29.4 Å². The number of hydrogen-bond acceptors (Lipinski definition) is 1. The molecule has 112 valence electrons. The van der Waals surface area contributed by atoms with Crippen LogP contribution in [0, 0.1) is 12.7 Å². The highest BCUT2D eigenvalue weighted by Gasteiger charge is 2.15. The Bertz CT molecular complexity index is 598. The van der Waals surface area contributed by atoms with Crippen LogP contribution in [0.1, 0.15) is 36.1 Å². The van der Waals surface area contributed by atoms with Crippen molar-refractivity contribution in [3.8, 4) is 0 Å². The molecule has 0 aromatic heterocycles. The van der Waals surface area contributed by atoms with Crippen LogP contribution in [0.5, 0.6) is 0 Å². The Hall–Kier alpha value is -1.19. The first-order valence-electron chi connectivity index (χ1n) is 7.34. The van der Waals surface area contributed by atoms with E-state index in [4.69, 9.17) is 0 Å². The first-order chi connectivity index (χ1) is 10.1. The van der Waals surface area contributed by atoms with Gasteiger partial charge in [0.2, 0.25) is 0 Å². The number of hydrogen-bond donors (Lipinski definition) is 1. The van der Waals surface area contributed by atoms with Gasteiger partial charge in [-0.1, -0.05) is 47.1 Å². The predicted octanol–water partition coefficient (Wildman–Crippen LogP) is 5.18. The molecule has 0 radical (unpaired) electrons. The molecule has 1 unspecified atom stereocenters. The lowest BCUT2D eigenvalue weighted by atomic mass is 9.96. The smallest absolute Gasteiger partial charge is 0.123 e. The van der Waals surface area contributed by atoms with Crippen molar-refractivity contribution in [1.82, 2.24) is 5.32 Å². The van der Waals surface area contributed by atoms with Crippen molar-refractivity contribution in [2.75, 3.05) is 6.54 Å². The van der Waals surface area contributed by atoms with Gasteiger partial charge in [0.1, 0.15) is 5.82 Å². The molecule has 3 heteroatoms. The van der Waals surface area contributed by atoms with Crippen molar-refractivity contribution in [1.29, 1.82) is 0 Å². The highest BCUT2D eigenvalue weighted by molar-refractivity contribution is 9.10. The van der Waals surface area contributed by atoms with Crippen LogP contribution in [0.15, 0.2) is 46.9 Å². The van der Waals surface area contributed by atoms with Crippen molar-refractivity contribution in [3.63, 3.8) is 0 Å². The molecule has 0 fully saturated rings. The molecular weight excluding hydrogens is 329 g/mol. The molecule has 0 saturated heterocycles. The first kappa shape index (κ1) is 16.2. The topological polar surface area (TPSA) is 12.0 Å². The first-order valence-corrected chi connectivity index (χ1v) is 8.14. The van der Waals surface area contributed by atoms with Gasteiger partial charge in [0.05, 0.1) is 0 Å². The van der Waals surface area contributed by atoms with Crippen LogP contribution in [0.25, 0.3) is 0 Å². The lowest BCUT2D eigenvalue weighted by Crippen LogP contribution is -2.24. The van der Waals surface area contributed by atoms with Crippen LogP contribution in [-0.2, 0) is 6.42 Å². The molecule has 0 aliphatic carbocycles. The summed E-state index contributed by atoms with van der Waals surface area (Å²) in [6, 6.07) is 13.5. The van der Waals surface area contributed by atoms with Crippen LogP contribution in [-0.4, -0.2) is 6.54 Å².